The van der Waals surface area contributed by atoms with Crippen LogP contribution < -0.4 is 16.2 Å². The third-order valence-corrected chi connectivity index (χ3v) is 5.96. The predicted molar refractivity (Wildman–Crippen MR) is 120 cm³/mol. The fourth-order valence-corrected chi connectivity index (χ4v) is 4.52. The van der Waals surface area contributed by atoms with Crippen molar-refractivity contribution in [2.24, 2.45) is 0 Å². The first-order valence-electron chi connectivity index (χ1n) is 10.1. The summed E-state index contributed by atoms with van der Waals surface area (Å²) in [5.41, 5.74) is 0.204. The quantitative estimate of drug-likeness (QED) is 0.650. The number of hydrogen-bond donors (Lipinski definition) is 2. The summed E-state index contributed by atoms with van der Waals surface area (Å²) in [6, 6.07) is 7.98. The Kier molecular flexibility index (Phi) is 5.51. The largest absolute Gasteiger partial charge is 0.444 e. The van der Waals surface area contributed by atoms with Crippen molar-refractivity contribution >= 4 is 33.3 Å². The molecule has 0 spiro atoms. The highest BCUT2D eigenvalue weighted by Gasteiger charge is 2.27. The number of hydrogen-bond acceptors (Lipinski definition) is 6. The van der Waals surface area contributed by atoms with E-state index in [2.05, 4.69) is 15.6 Å². The van der Waals surface area contributed by atoms with Crippen LogP contribution in [-0.4, -0.2) is 33.3 Å². The molecule has 0 radical (unpaired) electrons. The van der Waals surface area contributed by atoms with Crippen molar-refractivity contribution in [3.05, 3.63) is 52.4 Å². The molecule has 4 rings (SSSR count). The van der Waals surface area contributed by atoms with Gasteiger partial charge in [0.1, 0.15) is 16.1 Å². The van der Waals surface area contributed by atoms with E-state index in [1.165, 1.54) is 11.3 Å². The molecule has 2 N–H and O–H groups in total. The minimum atomic E-state index is -0.498. The summed E-state index contributed by atoms with van der Waals surface area (Å²) in [5.74, 6) is 0.756. The third-order valence-electron chi connectivity index (χ3n) is 5.04. The lowest BCUT2D eigenvalue weighted by Crippen LogP contribution is -2.38. The van der Waals surface area contributed by atoms with Gasteiger partial charge < -0.3 is 15.4 Å². The standard InChI is InChI=1S/C22H26N4O3S/c1-22(2,3)29-21(28)25-16-5-4-15(12-16)24-18-7-6-17(13-23-18)26-10-8-14-9-11-30-19(14)20(26)27/h6-11,13,15-16H,4-5,12H2,1-3H3,(H,23,24)(H,25,28)/t15-,16-/m0/s1. The Balaban J connectivity index is 1.37. The normalized spacial score (nSPS) is 19.0. The van der Waals surface area contributed by atoms with Gasteiger partial charge in [-0.3, -0.25) is 9.36 Å². The molecule has 0 bridgehead atoms. The number of nitrogens with one attached hydrogen (secondary N) is 2. The van der Waals surface area contributed by atoms with Crippen LogP contribution in [0.3, 0.4) is 0 Å². The maximum Gasteiger partial charge on any atom is 0.407 e. The third kappa shape index (κ3) is 4.64. The van der Waals surface area contributed by atoms with Crippen molar-refractivity contribution in [3.8, 4) is 5.69 Å². The second-order valence-corrected chi connectivity index (χ2v) is 9.51. The van der Waals surface area contributed by atoms with Gasteiger partial charge in [-0.05, 0) is 75.1 Å². The maximum atomic E-state index is 12.6. The minimum absolute atomic E-state index is 0.0307. The van der Waals surface area contributed by atoms with E-state index in [1.54, 1.807) is 17.0 Å². The van der Waals surface area contributed by atoms with Gasteiger partial charge in [-0.25, -0.2) is 9.78 Å². The van der Waals surface area contributed by atoms with Crippen LogP contribution in [0.2, 0.25) is 0 Å². The van der Waals surface area contributed by atoms with Crippen molar-refractivity contribution in [1.29, 1.82) is 0 Å². The van der Waals surface area contributed by atoms with E-state index in [-0.39, 0.29) is 23.7 Å². The molecule has 7 nitrogen and oxygen atoms in total. The van der Waals surface area contributed by atoms with Gasteiger partial charge in [0.25, 0.3) is 5.56 Å². The number of thiophene rings is 1. The van der Waals surface area contributed by atoms with Crippen LogP contribution >= 0.6 is 11.3 Å². The van der Waals surface area contributed by atoms with E-state index in [0.29, 0.717) is 0 Å². The first-order chi connectivity index (χ1) is 14.3. The van der Waals surface area contributed by atoms with Gasteiger partial charge >= 0.3 is 6.09 Å². The number of pyridine rings is 2. The Morgan fingerprint density at radius 2 is 2.00 bits per heavy atom. The molecule has 3 aromatic rings. The molecule has 3 aromatic heterocycles. The van der Waals surface area contributed by atoms with Crippen LogP contribution in [0.5, 0.6) is 0 Å². The molecule has 0 aromatic carbocycles. The van der Waals surface area contributed by atoms with Crippen LogP contribution in [0.1, 0.15) is 40.0 Å². The molecule has 2 atom stereocenters. The van der Waals surface area contributed by atoms with Gasteiger partial charge in [0.05, 0.1) is 11.9 Å². The Labute approximate surface area is 179 Å². The summed E-state index contributed by atoms with van der Waals surface area (Å²) >= 11 is 1.45. The molecule has 158 valence electrons. The number of aromatic nitrogens is 2. The fourth-order valence-electron chi connectivity index (χ4n) is 3.70. The van der Waals surface area contributed by atoms with Gasteiger partial charge in [0.15, 0.2) is 0 Å². The predicted octanol–water partition coefficient (Wildman–Crippen LogP) is 4.30. The second kappa shape index (κ2) is 8.10. The lowest BCUT2D eigenvalue weighted by Gasteiger charge is -2.22. The Morgan fingerprint density at radius 3 is 2.73 bits per heavy atom. The number of fused-ring (bicyclic) bond motifs is 1. The molecular weight excluding hydrogens is 400 g/mol. The zero-order chi connectivity index (χ0) is 21.3. The minimum Gasteiger partial charge on any atom is -0.444 e. The molecule has 8 heteroatoms. The number of carbonyl (C=O) groups excluding carboxylic acids is 1. The molecule has 1 aliphatic carbocycles. The second-order valence-electron chi connectivity index (χ2n) is 8.60. The highest BCUT2D eigenvalue weighted by atomic mass is 32.1. The maximum absolute atomic E-state index is 12.6. The van der Waals surface area contributed by atoms with Gasteiger partial charge in [-0.2, -0.15) is 0 Å². The summed E-state index contributed by atoms with van der Waals surface area (Å²) in [7, 11) is 0. The first-order valence-corrected chi connectivity index (χ1v) is 11.0. The molecule has 1 fully saturated rings. The molecule has 3 heterocycles. The summed E-state index contributed by atoms with van der Waals surface area (Å²) in [6.07, 6.45) is 5.77. The summed E-state index contributed by atoms with van der Waals surface area (Å²) in [6.45, 7) is 5.56. The molecular formula is C22H26N4O3S. The Morgan fingerprint density at radius 1 is 1.20 bits per heavy atom. The molecule has 0 unspecified atom stereocenters. The van der Waals surface area contributed by atoms with Gasteiger partial charge in [0, 0.05) is 18.3 Å². The smallest absolute Gasteiger partial charge is 0.407 e. The monoisotopic (exact) mass is 426 g/mol. The lowest BCUT2D eigenvalue weighted by atomic mass is 10.2. The van der Waals surface area contributed by atoms with Crippen LogP contribution in [-0.2, 0) is 4.74 Å². The summed E-state index contributed by atoms with van der Waals surface area (Å²) in [5, 5.41) is 9.25. The van der Waals surface area contributed by atoms with Crippen LogP contribution in [0.25, 0.3) is 15.8 Å². The van der Waals surface area contributed by atoms with Gasteiger partial charge in [0.2, 0.25) is 0 Å². The zero-order valence-corrected chi connectivity index (χ0v) is 18.2. The van der Waals surface area contributed by atoms with Crippen molar-refractivity contribution in [2.45, 2.75) is 57.7 Å². The van der Waals surface area contributed by atoms with Gasteiger partial charge in [-0.15, -0.1) is 11.3 Å². The van der Waals surface area contributed by atoms with E-state index >= 15 is 0 Å². The fraction of sp³-hybridized carbons (Fsp3) is 0.409. The van der Waals surface area contributed by atoms with Crippen molar-refractivity contribution in [3.63, 3.8) is 0 Å². The zero-order valence-electron chi connectivity index (χ0n) is 17.3. The van der Waals surface area contributed by atoms with E-state index in [0.717, 1.165) is 40.9 Å². The highest BCUT2D eigenvalue weighted by Crippen LogP contribution is 2.23. The Hall–Kier alpha value is -2.87. The summed E-state index contributed by atoms with van der Waals surface area (Å²) in [4.78, 5) is 29.1. The van der Waals surface area contributed by atoms with Crippen molar-refractivity contribution in [2.75, 3.05) is 5.32 Å². The van der Waals surface area contributed by atoms with Crippen LogP contribution in [0, 0.1) is 0 Å². The van der Waals surface area contributed by atoms with Crippen LogP contribution in [0.15, 0.2) is 46.8 Å². The topological polar surface area (TPSA) is 85.2 Å². The average molecular weight is 427 g/mol. The number of anilines is 1. The van der Waals surface area contributed by atoms with E-state index in [4.69, 9.17) is 4.74 Å². The molecule has 1 aliphatic rings. The molecule has 0 aliphatic heterocycles. The SMILES string of the molecule is CC(C)(C)OC(=O)N[C@H]1CC[C@H](Nc2ccc(-n3ccc4ccsc4c3=O)cn2)C1. The molecule has 1 saturated carbocycles. The number of alkyl carbamates (subject to hydrolysis) is 1. The molecule has 1 amide bonds. The number of ether oxygens (including phenoxy) is 1. The number of rotatable bonds is 4. The van der Waals surface area contributed by atoms with E-state index in [9.17, 15) is 9.59 Å². The van der Waals surface area contributed by atoms with Gasteiger partial charge in [-0.1, -0.05) is 0 Å². The molecule has 0 saturated heterocycles. The number of carbonyl (C=O) groups is 1. The molecule has 30 heavy (non-hydrogen) atoms. The van der Waals surface area contributed by atoms with E-state index < -0.39 is 5.60 Å². The first kappa shape index (κ1) is 20.4. The average Bonchev–Trinajstić information content (AvgIpc) is 3.31. The van der Waals surface area contributed by atoms with Crippen molar-refractivity contribution < 1.29 is 9.53 Å². The number of amides is 1. The van der Waals surface area contributed by atoms with E-state index in [1.807, 2.05) is 50.4 Å². The number of nitrogens with zero attached hydrogens (tertiary/aromatic N) is 2. The highest BCUT2D eigenvalue weighted by molar-refractivity contribution is 7.17. The Bertz CT molecular complexity index is 1100. The van der Waals surface area contributed by atoms with Crippen LogP contribution in [0.4, 0.5) is 10.6 Å². The summed E-state index contributed by atoms with van der Waals surface area (Å²) < 4.78 is 7.69. The lowest BCUT2D eigenvalue weighted by molar-refractivity contribution is 0.0505. The van der Waals surface area contributed by atoms with Crippen molar-refractivity contribution in [1.82, 2.24) is 14.9 Å².